The zero-order chi connectivity index (χ0) is 21.9. The fourth-order valence-electron chi connectivity index (χ4n) is 4.78. The lowest BCUT2D eigenvalue weighted by Gasteiger charge is -2.31. The summed E-state index contributed by atoms with van der Waals surface area (Å²) in [6.07, 6.45) is 0. The molecule has 0 unspecified atom stereocenters. The highest BCUT2D eigenvalue weighted by Crippen LogP contribution is 2.48. The third kappa shape index (κ3) is 2.47. The van der Waals surface area contributed by atoms with Gasteiger partial charge in [0, 0.05) is 27.5 Å². The quantitative estimate of drug-likeness (QED) is 0.352. The van der Waals surface area contributed by atoms with Crippen LogP contribution in [0.3, 0.4) is 0 Å². The molecule has 5 aromatic rings. The van der Waals surface area contributed by atoms with E-state index in [9.17, 15) is 15.0 Å². The fourth-order valence-corrected chi connectivity index (χ4v) is 4.78. The van der Waals surface area contributed by atoms with Crippen molar-refractivity contribution in [2.24, 2.45) is 0 Å². The Morgan fingerprint density at radius 2 is 1.19 bits per heavy atom. The molecule has 0 aromatic heterocycles. The number of esters is 1. The summed E-state index contributed by atoms with van der Waals surface area (Å²) in [7, 11) is 0. The minimum Gasteiger partial charge on any atom is -0.507 e. The van der Waals surface area contributed by atoms with Crippen LogP contribution in [-0.2, 0) is 10.3 Å². The summed E-state index contributed by atoms with van der Waals surface area (Å²) in [5, 5.41) is 23.6. The van der Waals surface area contributed by atoms with E-state index in [2.05, 4.69) is 0 Å². The number of fused-ring (bicyclic) bond motifs is 3. The van der Waals surface area contributed by atoms with Crippen LogP contribution in [0.5, 0.6) is 11.5 Å². The number of phenols is 2. The monoisotopic (exact) mass is 418 g/mol. The maximum Gasteiger partial charge on any atom is 0.340 e. The van der Waals surface area contributed by atoms with Gasteiger partial charge in [-0.25, -0.2) is 4.79 Å². The molecule has 6 rings (SSSR count). The van der Waals surface area contributed by atoms with Gasteiger partial charge >= 0.3 is 5.97 Å². The van der Waals surface area contributed by atoms with Crippen molar-refractivity contribution in [3.63, 3.8) is 0 Å². The fraction of sp³-hybridized carbons (Fsp3) is 0.0357. The summed E-state index contributed by atoms with van der Waals surface area (Å²) < 4.78 is 6.19. The zero-order valence-electron chi connectivity index (χ0n) is 16.9. The first-order chi connectivity index (χ1) is 15.6. The summed E-state index contributed by atoms with van der Waals surface area (Å²) in [5.41, 5.74) is 1.72. The van der Waals surface area contributed by atoms with E-state index >= 15 is 0 Å². The standard InChI is InChI=1S/C28H18O4/c29-25-9-3-5-17-15-19(11-13-21(17)25)28(24-8-2-1-7-23(24)27(31)32-28)20-12-14-22-18(16-20)6-4-10-26(22)30/h1-16,29-30H. The Balaban J connectivity index is 1.69. The summed E-state index contributed by atoms with van der Waals surface area (Å²) in [5.74, 6) is 0.0220. The Hall–Kier alpha value is -4.31. The molecule has 0 bridgehead atoms. The van der Waals surface area contributed by atoms with Crippen molar-refractivity contribution in [3.8, 4) is 11.5 Å². The van der Waals surface area contributed by atoms with E-state index in [1.165, 1.54) is 0 Å². The first kappa shape index (κ1) is 18.5. The predicted molar refractivity (Wildman–Crippen MR) is 123 cm³/mol. The Bertz CT molecular complexity index is 1470. The summed E-state index contributed by atoms with van der Waals surface area (Å²) >= 11 is 0. The zero-order valence-corrected chi connectivity index (χ0v) is 16.9. The Morgan fingerprint density at radius 1 is 0.625 bits per heavy atom. The van der Waals surface area contributed by atoms with Gasteiger partial charge in [-0.1, -0.05) is 66.7 Å². The molecule has 5 aromatic carbocycles. The summed E-state index contributed by atoms with van der Waals surface area (Å²) in [4.78, 5) is 13.0. The Kier molecular flexibility index (Phi) is 3.80. The first-order valence-corrected chi connectivity index (χ1v) is 10.4. The second-order valence-electron chi connectivity index (χ2n) is 8.04. The molecule has 0 fully saturated rings. The largest absolute Gasteiger partial charge is 0.507 e. The molecule has 0 atom stereocenters. The van der Waals surface area contributed by atoms with E-state index in [4.69, 9.17) is 4.74 Å². The van der Waals surface area contributed by atoms with Gasteiger partial charge in [0.25, 0.3) is 0 Å². The number of hydrogen-bond acceptors (Lipinski definition) is 4. The molecule has 4 heteroatoms. The molecule has 0 radical (unpaired) electrons. The van der Waals surface area contributed by atoms with Gasteiger partial charge in [-0.3, -0.25) is 0 Å². The lowest BCUT2D eigenvalue weighted by Crippen LogP contribution is -2.29. The van der Waals surface area contributed by atoms with Crippen molar-refractivity contribution in [1.82, 2.24) is 0 Å². The molecule has 0 saturated carbocycles. The van der Waals surface area contributed by atoms with Crippen LogP contribution in [0.2, 0.25) is 0 Å². The van der Waals surface area contributed by atoms with Gasteiger partial charge in [0.1, 0.15) is 11.5 Å². The number of hydrogen-bond donors (Lipinski definition) is 2. The number of carbonyl (C=O) groups excluding carboxylic acids is 1. The highest BCUT2D eigenvalue weighted by atomic mass is 16.6. The lowest BCUT2D eigenvalue weighted by molar-refractivity contribution is 0.0252. The topological polar surface area (TPSA) is 66.8 Å². The maximum atomic E-state index is 13.0. The van der Waals surface area contributed by atoms with E-state index in [0.29, 0.717) is 5.56 Å². The van der Waals surface area contributed by atoms with Gasteiger partial charge in [0.2, 0.25) is 0 Å². The van der Waals surface area contributed by atoms with Crippen molar-refractivity contribution < 1.29 is 19.7 Å². The molecule has 1 aliphatic heterocycles. The molecule has 32 heavy (non-hydrogen) atoms. The van der Waals surface area contributed by atoms with E-state index in [0.717, 1.165) is 38.2 Å². The SMILES string of the molecule is O=C1OC(c2ccc3c(O)cccc3c2)(c2ccc3c(O)cccc3c2)c2ccccc21. The molecule has 4 nitrogen and oxygen atoms in total. The van der Waals surface area contributed by atoms with Crippen LogP contribution in [0, 0.1) is 0 Å². The van der Waals surface area contributed by atoms with E-state index in [-0.39, 0.29) is 17.5 Å². The predicted octanol–water partition coefficient (Wildman–Crippen LogP) is 5.87. The average Bonchev–Trinajstić information content (AvgIpc) is 3.13. The minimum atomic E-state index is -1.15. The number of aromatic hydroxyl groups is 2. The van der Waals surface area contributed by atoms with Gasteiger partial charge in [-0.05, 0) is 41.1 Å². The van der Waals surface area contributed by atoms with Crippen LogP contribution in [0.4, 0.5) is 0 Å². The third-order valence-electron chi connectivity index (χ3n) is 6.30. The van der Waals surface area contributed by atoms with Gasteiger partial charge in [0.15, 0.2) is 5.60 Å². The Morgan fingerprint density at radius 3 is 1.78 bits per heavy atom. The molecule has 2 N–H and O–H groups in total. The normalized spacial score (nSPS) is 14.4. The number of phenolic OH excluding ortho intramolecular Hbond substituents is 2. The van der Waals surface area contributed by atoms with Crippen LogP contribution in [0.1, 0.15) is 27.0 Å². The first-order valence-electron chi connectivity index (χ1n) is 10.4. The van der Waals surface area contributed by atoms with Gasteiger partial charge in [-0.2, -0.15) is 0 Å². The second kappa shape index (κ2) is 6.59. The van der Waals surface area contributed by atoms with Gasteiger partial charge in [-0.15, -0.1) is 0 Å². The van der Waals surface area contributed by atoms with Crippen LogP contribution < -0.4 is 0 Å². The number of carbonyl (C=O) groups is 1. The van der Waals surface area contributed by atoms with E-state index in [1.54, 1.807) is 30.3 Å². The highest BCUT2D eigenvalue weighted by molar-refractivity contribution is 5.98. The van der Waals surface area contributed by atoms with Crippen LogP contribution >= 0.6 is 0 Å². The van der Waals surface area contributed by atoms with Crippen molar-refractivity contribution in [3.05, 3.63) is 119 Å². The summed E-state index contributed by atoms with van der Waals surface area (Å²) in [6.45, 7) is 0. The second-order valence-corrected chi connectivity index (χ2v) is 8.04. The molecule has 0 spiro atoms. The van der Waals surface area contributed by atoms with E-state index < -0.39 is 5.60 Å². The number of cyclic esters (lactones) is 1. The third-order valence-corrected chi connectivity index (χ3v) is 6.30. The van der Waals surface area contributed by atoms with Crippen LogP contribution in [-0.4, -0.2) is 16.2 Å². The van der Waals surface area contributed by atoms with Crippen molar-refractivity contribution in [2.45, 2.75) is 5.60 Å². The number of rotatable bonds is 2. The molecular weight excluding hydrogens is 400 g/mol. The van der Waals surface area contributed by atoms with Crippen LogP contribution in [0.25, 0.3) is 21.5 Å². The highest BCUT2D eigenvalue weighted by Gasteiger charge is 2.48. The van der Waals surface area contributed by atoms with E-state index in [1.807, 2.05) is 66.7 Å². The van der Waals surface area contributed by atoms with Gasteiger partial charge in [0.05, 0.1) is 5.56 Å². The molecule has 0 saturated heterocycles. The van der Waals surface area contributed by atoms with Crippen molar-refractivity contribution >= 4 is 27.5 Å². The number of ether oxygens (including phenoxy) is 1. The maximum absolute atomic E-state index is 13.0. The van der Waals surface area contributed by atoms with Gasteiger partial charge < -0.3 is 14.9 Å². The minimum absolute atomic E-state index is 0.202. The lowest BCUT2D eigenvalue weighted by atomic mass is 9.78. The van der Waals surface area contributed by atoms with Crippen molar-refractivity contribution in [1.29, 1.82) is 0 Å². The molecule has 154 valence electrons. The molecule has 1 aliphatic rings. The van der Waals surface area contributed by atoms with Crippen LogP contribution in [0.15, 0.2) is 97.1 Å². The molecule has 1 heterocycles. The smallest absolute Gasteiger partial charge is 0.340 e. The number of benzene rings is 5. The van der Waals surface area contributed by atoms with Crippen molar-refractivity contribution in [2.75, 3.05) is 0 Å². The summed E-state index contributed by atoms with van der Waals surface area (Å²) in [6, 6.07) is 29.6. The average molecular weight is 418 g/mol. The molecular formula is C28H18O4. The Labute approximate surface area is 183 Å². The molecule has 0 amide bonds. The molecule has 0 aliphatic carbocycles.